The number of amides is 1. The van der Waals surface area contributed by atoms with Crippen LogP contribution in [0.15, 0.2) is 36.4 Å². The average Bonchev–Trinajstić information content (AvgIpc) is 2.77. The van der Waals surface area contributed by atoms with E-state index < -0.39 is 18.5 Å². The summed E-state index contributed by atoms with van der Waals surface area (Å²) >= 11 is 6.14. The van der Waals surface area contributed by atoms with Crippen LogP contribution in [0, 0.1) is 0 Å². The molecule has 0 saturated carbocycles. The molecule has 2 rings (SSSR count). The molecule has 1 amide bonds. The molecule has 2 aromatic rings. The van der Waals surface area contributed by atoms with Gasteiger partial charge < -0.3 is 29.0 Å². The first kappa shape index (κ1) is 24.9. The highest BCUT2D eigenvalue weighted by Gasteiger charge is 2.12. The van der Waals surface area contributed by atoms with E-state index in [1.54, 1.807) is 30.3 Å². The second-order valence-corrected chi connectivity index (χ2v) is 6.66. The van der Waals surface area contributed by atoms with Crippen molar-refractivity contribution in [1.82, 2.24) is 0 Å². The van der Waals surface area contributed by atoms with E-state index in [1.165, 1.54) is 26.4 Å². The van der Waals surface area contributed by atoms with Crippen molar-refractivity contribution in [2.24, 2.45) is 0 Å². The number of carbonyl (C=O) groups is 2. The van der Waals surface area contributed by atoms with Gasteiger partial charge in [0.05, 0.1) is 32.5 Å². The van der Waals surface area contributed by atoms with E-state index in [0.29, 0.717) is 52.5 Å². The third-order valence-electron chi connectivity index (χ3n) is 4.04. The van der Waals surface area contributed by atoms with Crippen molar-refractivity contribution < 1.29 is 33.3 Å². The predicted molar refractivity (Wildman–Crippen MR) is 122 cm³/mol. The van der Waals surface area contributed by atoms with Gasteiger partial charge in [0, 0.05) is 17.8 Å². The topological polar surface area (TPSA) is 92.3 Å². The average molecular weight is 464 g/mol. The smallest absolute Gasteiger partial charge is 0.331 e. The Balaban J connectivity index is 1.94. The number of esters is 1. The van der Waals surface area contributed by atoms with Gasteiger partial charge in [-0.15, -0.1) is 0 Å². The summed E-state index contributed by atoms with van der Waals surface area (Å²) < 4.78 is 26.4. The van der Waals surface area contributed by atoms with Gasteiger partial charge in [-0.1, -0.05) is 11.6 Å². The van der Waals surface area contributed by atoms with Gasteiger partial charge in [-0.05, 0) is 49.8 Å². The maximum Gasteiger partial charge on any atom is 0.331 e. The molecule has 0 aromatic heterocycles. The normalized spacial score (nSPS) is 10.5. The van der Waals surface area contributed by atoms with Crippen LogP contribution in [-0.2, 0) is 14.3 Å². The number of ether oxygens (including phenoxy) is 5. The van der Waals surface area contributed by atoms with Crippen LogP contribution in [0.5, 0.6) is 23.0 Å². The summed E-state index contributed by atoms with van der Waals surface area (Å²) in [5.41, 5.74) is 1.10. The maximum absolute atomic E-state index is 12.1. The lowest BCUT2D eigenvalue weighted by Crippen LogP contribution is -2.20. The first-order valence-corrected chi connectivity index (χ1v) is 10.2. The van der Waals surface area contributed by atoms with Crippen LogP contribution in [0.3, 0.4) is 0 Å². The Morgan fingerprint density at radius 2 is 1.69 bits per heavy atom. The first-order chi connectivity index (χ1) is 15.4. The molecule has 0 unspecified atom stereocenters. The summed E-state index contributed by atoms with van der Waals surface area (Å²) in [6, 6.07) is 8.29. The zero-order valence-corrected chi connectivity index (χ0v) is 19.2. The van der Waals surface area contributed by atoms with E-state index in [1.807, 2.05) is 13.8 Å². The molecular formula is C23H26ClNO7. The molecule has 0 aliphatic heterocycles. The van der Waals surface area contributed by atoms with Crippen LogP contribution >= 0.6 is 11.6 Å². The molecule has 0 radical (unpaired) electrons. The molecular weight excluding hydrogens is 438 g/mol. The van der Waals surface area contributed by atoms with Crippen LogP contribution in [0.2, 0.25) is 5.02 Å². The summed E-state index contributed by atoms with van der Waals surface area (Å²) in [5.74, 6) is 0.738. The van der Waals surface area contributed by atoms with Crippen LogP contribution in [-0.4, -0.2) is 45.9 Å². The number of rotatable bonds is 11. The second kappa shape index (κ2) is 12.5. The second-order valence-electron chi connectivity index (χ2n) is 6.25. The summed E-state index contributed by atoms with van der Waals surface area (Å²) in [5, 5.41) is 2.99. The van der Waals surface area contributed by atoms with Gasteiger partial charge in [0.25, 0.3) is 5.91 Å². The molecule has 0 bridgehead atoms. The third-order valence-corrected chi connectivity index (χ3v) is 4.32. The lowest BCUT2D eigenvalue weighted by atomic mass is 10.2. The Morgan fingerprint density at radius 3 is 2.34 bits per heavy atom. The van der Waals surface area contributed by atoms with Crippen molar-refractivity contribution in [3.63, 3.8) is 0 Å². The quantitative estimate of drug-likeness (QED) is 0.391. The van der Waals surface area contributed by atoms with Crippen molar-refractivity contribution >= 4 is 35.2 Å². The number of hydrogen-bond donors (Lipinski definition) is 1. The number of hydrogen-bond acceptors (Lipinski definition) is 7. The summed E-state index contributed by atoms with van der Waals surface area (Å²) in [6.45, 7) is 4.21. The number of anilines is 1. The van der Waals surface area contributed by atoms with E-state index >= 15 is 0 Å². The summed E-state index contributed by atoms with van der Waals surface area (Å²) in [6.07, 6.45) is 2.68. The summed E-state index contributed by atoms with van der Waals surface area (Å²) in [7, 11) is 2.96. The Hall–Kier alpha value is -3.39. The fourth-order valence-corrected chi connectivity index (χ4v) is 3.01. The molecule has 172 valence electrons. The van der Waals surface area contributed by atoms with E-state index in [4.69, 9.17) is 35.3 Å². The van der Waals surface area contributed by atoms with E-state index in [2.05, 4.69) is 5.32 Å². The van der Waals surface area contributed by atoms with Crippen molar-refractivity contribution in [3.05, 3.63) is 47.0 Å². The van der Waals surface area contributed by atoms with Gasteiger partial charge >= 0.3 is 5.97 Å². The minimum absolute atomic E-state index is 0.334. The van der Waals surface area contributed by atoms with Crippen molar-refractivity contribution in [2.75, 3.05) is 39.4 Å². The number of nitrogens with one attached hydrogen (secondary N) is 1. The summed E-state index contributed by atoms with van der Waals surface area (Å²) in [4.78, 5) is 24.1. The van der Waals surface area contributed by atoms with Gasteiger partial charge in [0.15, 0.2) is 29.6 Å². The van der Waals surface area contributed by atoms with E-state index in [9.17, 15) is 9.59 Å². The Kier molecular flexibility index (Phi) is 9.69. The first-order valence-electron chi connectivity index (χ1n) is 9.87. The van der Waals surface area contributed by atoms with Gasteiger partial charge in [0.2, 0.25) is 0 Å². The molecule has 0 fully saturated rings. The SMILES string of the molecule is CCOc1ccc(NC(=O)COC(=O)/C=C/c2cc(Cl)c(OC)c(OC)c2)cc1OCC. The molecule has 2 aromatic carbocycles. The van der Waals surface area contributed by atoms with E-state index in [0.717, 1.165) is 0 Å². The highest BCUT2D eigenvalue weighted by Crippen LogP contribution is 2.36. The minimum Gasteiger partial charge on any atom is -0.493 e. The number of benzene rings is 2. The molecule has 0 spiro atoms. The highest BCUT2D eigenvalue weighted by atomic mass is 35.5. The molecule has 0 saturated heterocycles. The molecule has 32 heavy (non-hydrogen) atoms. The lowest BCUT2D eigenvalue weighted by molar-refractivity contribution is -0.142. The predicted octanol–water partition coefficient (Wildman–Crippen LogP) is 4.35. The Bertz CT molecular complexity index is 975. The molecule has 0 atom stereocenters. The largest absolute Gasteiger partial charge is 0.493 e. The van der Waals surface area contributed by atoms with Crippen LogP contribution < -0.4 is 24.3 Å². The lowest BCUT2D eigenvalue weighted by Gasteiger charge is -2.13. The van der Waals surface area contributed by atoms with Crippen LogP contribution in [0.25, 0.3) is 6.08 Å². The highest BCUT2D eigenvalue weighted by molar-refractivity contribution is 6.32. The minimum atomic E-state index is -0.687. The fraction of sp³-hybridized carbons (Fsp3) is 0.304. The van der Waals surface area contributed by atoms with Crippen molar-refractivity contribution in [3.8, 4) is 23.0 Å². The molecule has 0 heterocycles. The molecule has 9 heteroatoms. The van der Waals surface area contributed by atoms with Crippen molar-refractivity contribution in [2.45, 2.75) is 13.8 Å². The third kappa shape index (κ3) is 7.09. The van der Waals surface area contributed by atoms with Crippen LogP contribution in [0.1, 0.15) is 19.4 Å². The number of halogens is 1. The number of carbonyl (C=O) groups excluding carboxylic acids is 2. The molecule has 0 aliphatic carbocycles. The zero-order valence-electron chi connectivity index (χ0n) is 18.4. The van der Waals surface area contributed by atoms with Crippen molar-refractivity contribution in [1.29, 1.82) is 0 Å². The van der Waals surface area contributed by atoms with Gasteiger partial charge in [-0.25, -0.2) is 4.79 Å². The molecule has 0 aliphatic rings. The zero-order chi connectivity index (χ0) is 23.5. The van der Waals surface area contributed by atoms with Gasteiger partial charge in [0.1, 0.15) is 0 Å². The fourth-order valence-electron chi connectivity index (χ4n) is 2.71. The maximum atomic E-state index is 12.1. The van der Waals surface area contributed by atoms with Crippen LogP contribution in [0.4, 0.5) is 5.69 Å². The van der Waals surface area contributed by atoms with Gasteiger partial charge in [-0.3, -0.25) is 4.79 Å². The molecule has 8 nitrogen and oxygen atoms in total. The van der Waals surface area contributed by atoms with E-state index in [-0.39, 0.29) is 0 Å². The van der Waals surface area contributed by atoms with Gasteiger partial charge in [-0.2, -0.15) is 0 Å². The monoisotopic (exact) mass is 463 g/mol. The Morgan fingerprint density at radius 1 is 0.969 bits per heavy atom. The molecule has 1 N–H and O–H groups in total. The Labute approximate surface area is 192 Å². The standard InChI is InChI=1S/C23H26ClNO7/c1-5-30-18-9-8-16(13-19(18)31-6-2)25-21(26)14-32-22(27)10-7-15-11-17(24)23(29-4)20(12-15)28-3/h7-13H,5-6,14H2,1-4H3,(H,25,26)/b10-7+. The number of methoxy groups -OCH3 is 2.